The summed E-state index contributed by atoms with van der Waals surface area (Å²) in [4.78, 5) is 24.6. The summed E-state index contributed by atoms with van der Waals surface area (Å²) >= 11 is 0. The van der Waals surface area contributed by atoms with Gasteiger partial charge in [-0.25, -0.2) is 0 Å². The molecule has 1 heterocycles. The van der Waals surface area contributed by atoms with Crippen LogP contribution >= 0.6 is 0 Å². The van der Waals surface area contributed by atoms with Gasteiger partial charge in [-0.2, -0.15) is 0 Å². The zero-order chi connectivity index (χ0) is 13.7. The maximum Gasteiger partial charge on any atom is 0.245 e. The standard InChI is InChI=1S/C12H19N3O3/c1-8(2)6-15(10(4)16)7-12(17)13-11-5-9(3)18-14-11/h5,8H,6-7H2,1-4H3,(H,13,14,17). The van der Waals surface area contributed by atoms with Crippen LogP contribution in [0.25, 0.3) is 0 Å². The van der Waals surface area contributed by atoms with Crippen LogP contribution < -0.4 is 5.32 Å². The smallest absolute Gasteiger partial charge is 0.245 e. The van der Waals surface area contributed by atoms with Crippen molar-refractivity contribution in [3.05, 3.63) is 11.8 Å². The Hall–Kier alpha value is -1.85. The molecule has 6 heteroatoms. The normalized spacial score (nSPS) is 10.5. The van der Waals surface area contributed by atoms with Gasteiger partial charge in [-0.1, -0.05) is 19.0 Å². The number of carbonyl (C=O) groups is 2. The van der Waals surface area contributed by atoms with E-state index in [4.69, 9.17) is 4.52 Å². The van der Waals surface area contributed by atoms with Gasteiger partial charge in [0.05, 0.1) is 6.54 Å². The van der Waals surface area contributed by atoms with E-state index in [2.05, 4.69) is 10.5 Å². The highest BCUT2D eigenvalue weighted by Gasteiger charge is 2.15. The molecule has 0 saturated carbocycles. The molecule has 100 valence electrons. The lowest BCUT2D eigenvalue weighted by Crippen LogP contribution is -2.38. The molecule has 0 aliphatic carbocycles. The molecule has 0 aliphatic rings. The van der Waals surface area contributed by atoms with E-state index in [1.54, 1.807) is 13.0 Å². The first-order chi connectivity index (χ1) is 8.38. The van der Waals surface area contributed by atoms with E-state index >= 15 is 0 Å². The monoisotopic (exact) mass is 253 g/mol. The number of aryl methyl sites for hydroxylation is 1. The molecule has 0 atom stereocenters. The van der Waals surface area contributed by atoms with Crippen molar-refractivity contribution in [1.29, 1.82) is 0 Å². The maximum atomic E-state index is 11.7. The number of anilines is 1. The average Bonchev–Trinajstić information content (AvgIpc) is 2.62. The third-order valence-corrected chi connectivity index (χ3v) is 2.26. The first-order valence-corrected chi connectivity index (χ1v) is 5.87. The number of hydrogen-bond acceptors (Lipinski definition) is 4. The quantitative estimate of drug-likeness (QED) is 0.861. The molecular formula is C12H19N3O3. The van der Waals surface area contributed by atoms with Gasteiger partial charge in [-0.15, -0.1) is 0 Å². The molecule has 0 bridgehead atoms. The third-order valence-electron chi connectivity index (χ3n) is 2.26. The third kappa shape index (κ3) is 4.57. The van der Waals surface area contributed by atoms with E-state index in [9.17, 15) is 9.59 Å². The SMILES string of the molecule is CC(=O)N(CC(=O)Nc1cc(C)on1)CC(C)C. The Morgan fingerprint density at radius 3 is 2.61 bits per heavy atom. The van der Waals surface area contributed by atoms with Gasteiger partial charge in [0.25, 0.3) is 0 Å². The molecule has 0 unspecified atom stereocenters. The fourth-order valence-electron chi connectivity index (χ4n) is 1.53. The summed E-state index contributed by atoms with van der Waals surface area (Å²) in [5.74, 6) is 0.909. The Bertz CT molecular complexity index is 426. The first-order valence-electron chi connectivity index (χ1n) is 5.87. The highest BCUT2D eigenvalue weighted by Crippen LogP contribution is 2.07. The van der Waals surface area contributed by atoms with Gasteiger partial charge in [0, 0.05) is 19.5 Å². The Kier molecular flexibility index (Phi) is 4.88. The van der Waals surface area contributed by atoms with Crippen molar-refractivity contribution in [2.45, 2.75) is 27.7 Å². The molecule has 0 aromatic carbocycles. The summed E-state index contributed by atoms with van der Waals surface area (Å²) in [7, 11) is 0. The van der Waals surface area contributed by atoms with Crippen LogP contribution in [0.4, 0.5) is 5.82 Å². The van der Waals surface area contributed by atoms with Crippen LogP contribution in [0.15, 0.2) is 10.6 Å². The van der Waals surface area contributed by atoms with Crippen molar-refractivity contribution in [3.8, 4) is 0 Å². The lowest BCUT2D eigenvalue weighted by Gasteiger charge is -2.22. The summed E-state index contributed by atoms with van der Waals surface area (Å²) in [6.45, 7) is 7.77. The van der Waals surface area contributed by atoms with E-state index in [0.29, 0.717) is 24.0 Å². The van der Waals surface area contributed by atoms with E-state index < -0.39 is 0 Å². The summed E-state index contributed by atoms with van der Waals surface area (Å²) in [6, 6.07) is 1.62. The summed E-state index contributed by atoms with van der Waals surface area (Å²) in [5, 5.41) is 6.24. The molecule has 0 fully saturated rings. The van der Waals surface area contributed by atoms with E-state index in [1.165, 1.54) is 11.8 Å². The van der Waals surface area contributed by atoms with Gasteiger partial charge in [0.1, 0.15) is 5.76 Å². The number of aromatic nitrogens is 1. The Morgan fingerprint density at radius 2 is 2.17 bits per heavy atom. The summed E-state index contributed by atoms with van der Waals surface area (Å²) in [6.07, 6.45) is 0. The van der Waals surface area contributed by atoms with Crippen molar-refractivity contribution >= 4 is 17.6 Å². The van der Waals surface area contributed by atoms with E-state index in [1.807, 2.05) is 13.8 Å². The zero-order valence-corrected chi connectivity index (χ0v) is 11.2. The van der Waals surface area contributed by atoms with Crippen LogP contribution in [-0.2, 0) is 9.59 Å². The van der Waals surface area contributed by atoms with Crippen LogP contribution in [0.5, 0.6) is 0 Å². The highest BCUT2D eigenvalue weighted by molar-refractivity contribution is 5.93. The molecule has 0 spiro atoms. The summed E-state index contributed by atoms with van der Waals surface area (Å²) < 4.78 is 4.84. The second kappa shape index (κ2) is 6.18. The maximum absolute atomic E-state index is 11.7. The number of nitrogens with zero attached hydrogens (tertiary/aromatic N) is 2. The largest absolute Gasteiger partial charge is 0.360 e. The fraction of sp³-hybridized carbons (Fsp3) is 0.583. The molecule has 0 aliphatic heterocycles. The molecule has 2 amide bonds. The van der Waals surface area contributed by atoms with Crippen molar-refractivity contribution in [2.24, 2.45) is 5.92 Å². The topological polar surface area (TPSA) is 75.4 Å². The second-order valence-corrected chi connectivity index (χ2v) is 4.66. The van der Waals surface area contributed by atoms with Gasteiger partial charge >= 0.3 is 0 Å². The molecule has 1 aromatic heterocycles. The average molecular weight is 253 g/mol. The Balaban J connectivity index is 2.53. The van der Waals surface area contributed by atoms with Crippen LogP contribution in [0.3, 0.4) is 0 Å². The minimum absolute atomic E-state index is 0.0272. The predicted molar refractivity (Wildman–Crippen MR) is 67.0 cm³/mol. The molecule has 0 saturated heterocycles. The second-order valence-electron chi connectivity index (χ2n) is 4.66. The minimum Gasteiger partial charge on any atom is -0.360 e. The van der Waals surface area contributed by atoms with E-state index in [-0.39, 0.29) is 18.4 Å². The molecule has 1 N–H and O–H groups in total. The predicted octanol–water partition coefficient (Wildman–Crippen LogP) is 1.43. The fourth-order valence-corrected chi connectivity index (χ4v) is 1.53. The number of carbonyl (C=O) groups excluding carboxylic acids is 2. The number of hydrogen-bond donors (Lipinski definition) is 1. The van der Waals surface area contributed by atoms with Crippen LogP contribution in [0, 0.1) is 12.8 Å². The highest BCUT2D eigenvalue weighted by atomic mass is 16.5. The van der Waals surface area contributed by atoms with Gasteiger partial charge in [-0.3, -0.25) is 9.59 Å². The van der Waals surface area contributed by atoms with Crippen LogP contribution in [0.2, 0.25) is 0 Å². The molecule has 18 heavy (non-hydrogen) atoms. The lowest BCUT2D eigenvalue weighted by atomic mass is 10.2. The van der Waals surface area contributed by atoms with Gasteiger partial charge in [-0.05, 0) is 12.8 Å². The first kappa shape index (κ1) is 14.2. The van der Waals surface area contributed by atoms with Gasteiger partial charge in [0.15, 0.2) is 5.82 Å². The van der Waals surface area contributed by atoms with Crippen molar-refractivity contribution in [3.63, 3.8) is 0 Å². The molecule has 1 aromatic rings. The molecule has 1 rings (SSSR count). The minimum atomic E-state index is -0.279. The Labute approximate surface area is 106 Å². The van der Waals surface area contributed by atoms with E-state index in [0.717, 1.165) is 0 Å². The number of nitrogens with one attached hydrogen (secondary N) is 1. The zero-order valence-electron chi connectivity index (χ0n) is 11.2. The molecule has 6 nitrogen and oxygen atoms in total. The van der Waals surface area contributed by atoms with Crippen molar-refractivity contribution in [1.82, 2.24) is 10.1 Å². The molecular weight excluding hydrogens is 234 g/mol. The van der Waals surface area contributed by atoms with Crippen LogP contribution in [-0.4, -0.2) is 35.0 Å². The van der Waals surface area contributed by atoms with Crippen LogP contribution in [0.1, 0.15) is 26.5 Å². The number of amides is 2. The van der Waals surface area contributed by atoms with Crippen molar-refractivity contribution in [2.75, 3.05) is 18.4 Å². The Morgan fingerprint density at radius 1 is 1.50 bits per heavy atom. The lowest BCUT2D eigenvalue weighted by molar-refractivity contribution is -0.133. The van der Waals surface area contributed by atoms with Crippen molar-refractivity contribution < 1.29 is 14.1 Å². The summed E-state index contributed by atoms with van der Waals surface area (Å²) in [5.41, 5.74) is 0. The van der Waals surface area contributed by atoms with Gasteiger partial charge < -0.3 is 14.7 Å². The van der Waals surface area contributed by atoms with Gasteiger partial charge in [0.2, 0.25) is 11.8 Å². The molecule has 0 radical (unpaired) electrons. The number of rotatable bonds is 5.